The molecule has 0 nitrogen and oxygen atoms in total. The van der Waals surface area contributed by atoms with Gasteiger partial charge in [-0.2, -0.15) is 0 Å². The highest BCUT2D eigenvalue weighted by atomic mass is 14.7. The fraction of sp³-hybridized carbons (Fsp3) is 1.00. The Balaban J connectivity index is 2.44. The second kappa shape index (κ2) is 3.50. The molecule has 2 aliphatic carbocycles. The maximum atomic E-state index is 2.58. The van der Waals surface area contributed by atoms with Gasteiger partial charge in [-0.05, 0) is 53.3 Å². The number of hydrogen-bond donors (Lipinski definition) is 0. The summed E-state index contributed by atoms with van der Waals surface area (Å²) in [7, 11) is 0. The van der Waals surface area contributed by atoms with Crippen LogP contribution in [0.25, 0.3) is 0 Å². The van der Waals surface area contributed by atoms with Gasteiger partial charge in [0.15, 0.2) is 0 Å². The van der Waals surface area contributed by atoms with Crippen molar-refractivity contribution in [3.8, 4) is 0 Å². The normalized spacial score (nSPS) is 45.9. The van der Waals surface area contributed by atoms with Crippen LogP contribution in [0.1, 0.15) is 61.3 Å². The van der Waals surface area contributed by atoms with Gasteiger partial charge in [0.05, 0.1) is 0 Å². The van der Waals surface area contributed by atoms with Crippen molar-refractivity contribution in [1.82, 2.24) is 0 Å². The van der Waals surface area contributed by atoms with E-state index in [-0.39, 0.29) is 0 Å². The summed E-state index contributed by atoms with van der Waals surface area (Å²) >= 11 is 0. The topological polar surface area (TPSA) is 0 Å². The zero-order chi connectivity index (χ0) is 12.3. The van der Waals surface area contributed by atoms with Gasteiger partial charge in [-0.3, -0.25) is 0 Å². The molecule has 0 amide bonds. The lowest BCUT2D eigenvalue weighted by atomic mass is 9.61. The highest BCUT2D eigenvalue weighted by molar-refractivity contribution is 5.14. The fourth-order valence-electron chi connectivity index (χ4n) is 5.57. The molecule has 4 atom stereocenters. The third-order valence-electron chi connectivity index (χ3n) is 6.48. The number of hydrogen-bond acceptors (Lipinski definition) is 0. The Morgan fingerprint density at radius 3 is 1.88 bits per heavy atom. The first-order valence-corrected chi connectivity index (χ1v) is 7.23. The molecular weight excluding hydrogens is 192 g/mol. The molecule has 0 aromatic carbocycles. The molecule has 0 aromatic heterocycles. The largest absolute Gasteiger partial charge is 0.0625 e. The zero-order valence-corrected chi connectivity index (χ0v) is 12.3. The summed E-state index contributed by atoms with van der Waals surface area (Å²) in [6, 6.07) is 0. The third-order valence-corrected chi connectivity index (χ3v) is 6.48. The minimum absolute atomic E-state index is 0.566. The van der Waals surface area contributed by atoms with Gasteiger partial charge in [0.25, 0.3) is 0 Å². The van der Waals surface area contributed by atoms with Crippen molar-refractivity contribution >= 4 is 0 Å². The highest BCUT2D eigenvalue weighted by Crippen LogP contribution is 2.72. The molecule has 0 aliphatic heterocycles. The Kier molecular flexibility index (Phi) is 2.72. The van der Waals surface area contributed by atoms with Crippen LogP contribution in [-0.2, 0) is 0 Å². The molecule has 2 rings (SSSR count). The maximum Gasteiger partial charge on any atom is -0.0238 e. The average Bonchev–Trinajstić information content (AvgIpc) is 2.45. The third kappa shape index (κ3) is 1.28. The van der Waals surface area contributed by atoms with E-state index in [2.05, 4.69) is 48.5 Å². The van der Waals surface area contributed by atoms with Crippen molar-refractivity contribution in [3.63, 3.8) is 0 Å². The number of fused-ring (bicyclic) bond motifs is 2. The zero-order valence-electron chi connectivity index (χ0n) is 12.3. The summed E-state index contributed by atoms with van der Waals surface area (Å²) in [5, 5.41) is 0. The summed E-state index contributed by atoms with van der Waals surface area (Å²) in [5.74, 6) is 4.60. The van der Waals surface area contributed by atoms with Gasteiger partial charge in [0.2, 0.25) is 0 Å². The molecule has 0 N–H and O–H groups in total. The van der Waals surface area contributed by atoms with Crippen molar-refractivity contribution in [2.24, 2.45) is 40.4 Å². The lowest BCUT2D eigenvalue weighted by Crippen LogP contribution is -2.37. The van der Waals surface area contributed by atoms with Crippen LogP contribution in [0.2, 0.25) is 0 Å². The number of rotatable bonds is 2. The molecule has 2 fully saturated rings. The van der Waals surface area contributed by atoms with E-state index in [1.165, 1.54) is 12.8 Å². The Hall–Kier alpha value is 0. The first-order valence-electron chi connectivity index (χ1n) is 7.23. The molecule has 16 heavy (non-hydrogen) atoms. The van der Waals surface area contributed by atoms with Crippen molar-refractivity contribution in [2.45, 2.75) is 61.3 Å². The van der Waals surface area contributed by atoms with Gasteiger partial charge in [-0.25, -0.2) is 0 Å². The Morgan fingerprint density at radius 2 is 1.50 bits per heavy atom. The van der Waals surface area contributed by atoms with Crippen LogP contribution in [0.3, 0.4) is 0 Å². The van der Waals surface area contributed by atoms with Gasteiger partial charge >= 0.3 is 0 Å². The van der Waals surface area contributed by atoms with Crippen LogP contribution in [-0.4, -0.2) is 0 Å². The van der Waals surface area contributed by atoms with Crippen molar-refractivity contribution in [3.05, 3.63) is 0 Å². The summed E-state index contributed by atoms with van der Waals surface area (Å²) in [4.78, 5) is 0. The van der Waals surface area contributed by atoms with E-state index >= 15 is 0 Å². The lowest BCUT2D eigenvalue weighted by molar-refractivity contribution is 0.0485. The molecule has 2 unspecified atom stereocenters. The first-order chi connectivity index (χ1) is 7.23. The van der Waals surface area contributed by atoms with E-state index in [4.69, 9.17) is 0 Å². The molecule has 0 spiro atoms. The molecular formula is C16H30. The van der Waals surface area contributed by atoms with Gasteiger partial charge in [0.1, 0.15) is 0 Å². The van der Waals surface area contributed by atoms with Crippen LogP contribution >= 0.6 is 0 Å². The quantitative estimate of drug-likeness (QED) is 0.617. The van der Waals surface area contributed by atoms with Crippen molar-refractivity contribution in [2.75, 3.05) is 0 Å². The van der Waals surface area contributed by atoms with Gasteiger partial charge in [-0.1, -0.05) is 48.5 Å². The predicted octanol–water partition coefficient (Wildman–Crippen LogP) is 4.99. The SMILES string of the molecule is CC(C)[C@@H]1C2CCC(C)([C@@H]1C(C)C)C2(C)C. The van der Waals surface area contributed by atoms with E-state index in [0.29, 0.717) is 10.8 Å². The average molecular weight is 222 g/mol. The Morgan fingerprint density at radius 1 is 0.938 bits per heavy atom. The van der Waals surface area contributed by atoms with Crippen molar-refractivity contribution in [1.29, 1.82) is 0 Å². The van der Waals surface area contributed by atoms with E-state index < -0.39 is 0 Å². The molecule has 0 heterocycles. The predicted molar refractivity (Wildman–Crippen MR) is 71.3 cm³/mol. The van der Waals surface area contributed by atoms with Crippen LogP contribution < -0.4 is 0 Å². The monoisotopic (exact) mass is 222 g/mol. The maximum absolute atomic E-state index is 2.58. The van der Waals surface area contributed by atoms with Crippen molar-refractivity contribution < 1.29 is 0 Å². The summed E-state index contributed by atoms with van der Waals surface area (Å²) in [5.41, 5.74) is 1.16. The fourth-order valence-corrected chi connectivity index (χ4v) is 5.57. The van der Waals surface area contributed by atoms with E-state index in [1.807, 2.05) is 0 Å². The molecule has 2 aliphatic rings. The van der Waals surface area contributed by atoms with Crippen LogP contribution in [0, 0.1) is 40.4 Å². The van der Waals surface area contributed by atoms with E-state index in [1.54, 1.807) is 0 Å². The van der Waals surface area contributed by atoms with Crippen LogP contribution in [0.5, 0.6) is 0 Å². The molecule has 0 heteroatoms. The Bertz CT molecular complexity index is 274. The summed E-state index contributed by atoms with van der Waals surface area (Å²) in [6.07, 6.45) is 2.95. The van der Waals surface area contributed by atoms with Gasteiger partial charge < -0.3 is 0 Å². The Labute approximate surface area is 102 Å². The summed E-state index contributed by atoms with van der Waals surface area (Å²) in [6.45, 7) is 17.5. The molecule has 0 radical (unpaired) electrons. The second-order valence-corrected chi connectivity index (χ2v) is 7.88. The first kappa shape index (κ1) is 12.5. The molecule has 2 saturated carbocycles. The van der Waals surface area contributed by atoms with Gasteiger partial charge in [0, 0.05) is 0 Å². The molecule has 0 aromatic rings. The van der Waals surface area contributed by atoms with E-state index in [0.717, 1.165) is 29.6 Å². The molecule has 94 valence electrons. The minimum Gasteiger partial charge on any atom is -0.0625 e. The summed E-state index contributed by atoms with van der Waals surface area (Å²) < 4.78 is 0. The minimum atomic E-state index is 0.566. The second-order valence-electron chi connectivity index (χ2n) is 7.88. The standard InChI is InChI=1S/C16H30/c1-10(2)13-12-8-9-16(7,15(12,5)6)14(13)11(3)4/h10-14H,8-9H2,1-7H3/t12?,13-,14-,16?/m1/s1. The van der Waals surface area contributed by atoms with Gasteiger partial charge in [-0.15, -0.1) is 0 Å². The lowest BCUT2D eigenvalue weighted by Gasteiger charge is -2.43. The smallest absolute Gasteiger partial charge is 0.0238 e. The highest BCUT2D eigenvalue weighted by Gasteiger charge is 2.66. The molecule has 0 saturated heterocycles. The van der Waals surface area contributed by atoms with E-state index in [9.17, 15) is 0 Å². The molecule has 2 bridgehead atoms. The van der Waals surface area contributed by atoms with Crippen LogP contribution in [0.15, 0.2) is 0 Å². The van der Waals surface area contributed by atoms with Crippen LogP contribution in [0.4, 0.5) is 0 Å².